The van der Waals surface area contributed by atoms with Gasteiger partial charge < -0.3 is 9.47 Å². The number of unbranched alkanes of at least 4 members (excludes halogenated alkanes) is 2. The highest BCUT2D eigenvalue weighted by molar-refractivity contribution is 4.76. The van der Waals surface area contributed by atoms with Gasteiger partial charge in [0.2, 0.25) is 0 Å². The topological polar surface area (TPSA) is 36.9 Å². The average Bonchev–Trinajstić information content (AvgIpc) is 2.46. The zero-order valence-corrected chi connectivity index (χ0v) is 16.7. The van der Waals surface area contributed by atoms with E-state index in [1.54, 1.807) is 0 Å². The van der Waals surface area contributed by atoms with Crippen LogP contribution in [-0.4, -0.2) is 25.3 Å². The van der Waals surface area contributed by atoms with Gasteiger partial charge in [0.15, 0.2) is 0 Å². The van der Waals surface area contributed by atoms with Gasteiger partial charge in [-0.05, 0) is 32.1 Å². The summed E-state index contributed by atoms with van der Waals surface area (Å²) in [4.78, 5) is 11.2. The van der Waals surface area contributed by atoms with Gasteiger partial charge in [0.1, 0.15) is 0 Å². The van der Waals surface area contributed by atoms with E-state index in [0.29, 0.717) is 19.1 Å². The van der Waals surface area contributed by atoms with E-state index in [2.05, 4.69) is 48.5 Å². The van der Waals surface area contributed by atoms with Gasteiger partial charge in [-0.3, -0.25) is 0 Å². The molecule has 140 valence electrons. The minimum atomic E-state index is -1.17. The molecule has 0 aliphatic heterocycles. The highest BCUT2D eigenvalue weighted by Crippen LogP contribution is 2.38. The molecule has 0 aromatic carbocycles. The van der Waals surface area contributed by atoms with Gasteiger partial charge in [0.05, 0.1) is 19.3 Å². The summed E-state index contributed by atoms with van der Waals surface area (Å²) < 4.78 is 12.3. The van der Waals surface area contributed by atoms with Crippen LogP contribution in [0, 0.1) is 11.3 Å². The molecule has 0 spiro atoms. The monoisotopic (exact) mass is 332 g/mol. The standard InChI is InChI=1S/C19H40O4/c1-9-11-12-14-20-19(18(6,7)8,22-17(5)10-2)23-21-15-13-16(3)4/h16-17H,9-15H2,1-8H3. The van der Waals surface area contributed by atoms with Crippen LogP contribution in [0.5, 0.6) is 0 Å². The summed E-state index contributed by atoms with van der Waals surface area (Å²) in [5.41, 5.74) is -0.361. The summed E-state index contributed by atoms with van der Waals surface area (Å²) in [5.74, 6) is -0.601. The number of hydrogen-bond acceptors (Lipinski definition) is 4. The number of hydrogen-bond donors (Lipinski definition) is 0. The quantitative estimate of drug-likeness (QED) is 0.187. The van der Waals surface area contributed by atoms with E-state index in [4.69, 9.17) is 19.2 Å². The van der Waals surface area contributed by atoms with Crippen molar-refractivity contribution in [1.29, 1.82) is 0 Å². The average molecular weight is 333 g/mol. The second-order valence-corrected chi connectivity index (χ2v) is 7.79. The molecule has 0 bridgehead atoms. The predicted octanol–water partition coefficient (Wildman–Crippen LogP) is 5.70. The molecule has 0 aliphatic carbocycles. The number of rotatable bonds is 13. The fourth-order valence-corrected chi connectivity index (χ4v) is 1.91. The van der Waals surface area contributed by atoms with Crippen molar-refractivity contribution in [3.8, 4) is 0 Å². The third-order valence-corrected chi connectivity index (χ3v) is 3.84. The molecule has 0 saturated carbocycles. The summed E-state index contributed by atoms with van der Waals surface area (Å²) in [6.07, 6.45) is 5.16. The van der Waals surface area contributed by atoms with Crippen LogP contribution >= 0.6 is 0 Å². The van der Waals surface area contributed by atoms with E-state index >= 15 is 0 Å². The molecule has 2 unspecified atom stereocenters. The number of ether oxygens (including phenoxy) is 2. The first-order chi connectivity index (χ1) is 10.7. The largest absolute Gasteiger partial charge is 0.325 e. The van der Waals surface area contributed by atoms with Crippen molar-refractivity contribution in [2.75, 3.05) is 13.2 Å². The molecule has 23 heavy (non-hydrogen) atoms. The normalized spacial score (nSPS) is 16.6. The van der Waals surface area contributed by atoms with E-state index < -0.39 is 5.97 Å². The molecule has 0 amide bonds. The summed E-state index contributed by atoms with van der Waals surface area (Å²) in [7, 11) is 0. The van der Waals surface area contributed by atoms with Crippen molar-refractivity contribution in [3.05, 3.63) is 0 Å². The molecule has 0 aliphatic rings. The van der Waals surface area contributed by atoms with Crippen molar-refractivity contribution in [2.24, 2.45) is 11.3 Å². The van der Waals surface area contributed by atoms with Gasteiger partial charge in [0.25, 0.3) is 0 Å². The Morgan fingerprint density at radius 3 is 2.04 bits per heavy atom. The van der Waals surface area contributed by atoms with Crippen molar-refractivity contribution < 1.29 is 19.2 Å². The predicted molar refractivity (Wildman–Crippen MR) is 95.0 cm³/mol. The third kappa shape index (κ3) is 9.04. The molecule has 0 aromatic rings. The minimum Gasteiger partial charge on any atom is -0.325 e. The summed E-state index contributed by atoms with van der Waals surface area (Å²) >= 11 is 0. The van der Waals surface area contributed by atoms with Crippen LogP contribution in [0.15, 0.2) is 0 Å². The Labute approximate surface area is 144 Å². The van der Waals surface area contributed by atoms with Gasteiger partial charge in [0, 0.05) is 5.41 Å². The maximum Gasteiger partial charge on any atom is 0.317 e. The summed E-state index contributed by atoms with van der Waals surface area (Å²) in [6.45, 7) is 17.9. The lowest BCUT2D eigenvalue weighted by Gasteiger charge is -2.42. The molecule has 0 rings (SSSR count). The second-order valence-electron chi connectivity index (χ2n) is 7.79. The molecular weight excluding hydrogens is 292 g/mol. The van der Waals surface area contributed by atoms with Crippen LogP contribution in [0.1, 0.15) is 87.5 Å². The first-order valence-electron chi connectivity index (χ1n) is 9.30. The fourth-order valence-electron chi connectivity index (χ4n) is 1.91. The Balaban J connectivity index is 4.91. The van der Waals surface area contributed by atoms with Crippen LogP contribution < -0.4 is 0 Å². The lowest BCUT2D eigenvalue weighted by Crippen LogP contribution is -2.52. The summed E-state index contributed by atoms with van der Waals surface area (Å²) in [6, 6.07) is 0. The smallest absolute Gasteiger partial charge is 0.317 e. The first kappa shape index (κ1) is 22.8. The first-order valence-corrected chi connectivity index (χ1v) is 9.30. The Kier molecular flexibility index (Phi) is 11.3. The van der Waals surface area contributed by atoms with Crippen LogP contribution in [0.4, 0.5) is 0 Å². The van der Waals surface area contributed by atoms with Crippen molar-refractivity contribution >= 4 is 0 Å². The van der Waals surface area contributed by atoms with Gasteiger partial charge in [-0.1, -0.05) is 61.3 Å². The fraction of sp³-hybridized carbons (Fsp3) is 1.00. The lowest BCUT2D eigenvalue weighted by atomic mass is 9.92. The summed E-state index contributed by atoms with van der Waals surface area (Å²) in [5, 5.41) is 0. The molecule has 0 aromatic heterocycles. The maximum absolute atomic E-state index is 6.17. The highest BCUT2D eigenvalue weighted by atomic mass is 17.3. The molecule has 0 saturated heterocycles. The highest BCUT2D eigenvalue weighted by Gasteiger charge is 2.49. The van der Waals surface area contributed by atoms with Crippen LogP contribution in [0.3, 0.4) is 0 Å². The van der Waals surface area contributed by atoms with E-state index in [9.17, 15) is 0 Å². The Morgan fingerprint density at radius 1 is 0.913 bits per heavy atom. The molecule has 2 atom stereocenters. The molecule has 0 heterocycles. The zero-order valence-electron chi connectivity index (χ0n) is 16.7. The Hall–Kier alpha value is -0.160. The van der Waals surface area contributed by atoms with Crippen LogP contribution in [0.2, 0.25) is 0 Å². The van der Waals surface area contributed by atoms with E-state index in [1.165, 1.54) is 0 Å². The molecule has 4 nitrogen and oxygen atoms in total. The lowest BCUT2D eigenvalue weighted by molar-refractivity contribution is -0.540. The van der Waals surface area contributed by atoms with Gasteiger partial charge in [-0.2, -0.15) is 4.89 Å². The van der Waals surface area contributed by atoms with Gasteiger partial charge >= 0.3 is 5.97 Å². The van der Waals surface area contributed by atoms with Gasteiger partial charge in [-0.15, -0.1) is 0 Å². The zero-order chi connectivity index (χ0) is 17.9. The van der Waals surface area contributed by atoms with E-state index in [-0.39, 0.29) is 11.5 Å². The molecule has 4 heteroatoms. The van der Waals surface area contributed by atoms with Crippen molar-refractivity contribution in [3.63, 3.8) is 0 Å². The molecular formula is C19H40O4. The van der Waals surface area contributed by atoms with Crippen molar-refractivity contribution in [2.45, 2.75) is 99.6 Å². The molecule has 0 fully saturated rings. The molecule has 0 N–H and O–H groups in total. The van der Waals surface area contributed by atoms with E-state index in [0.717, 1.165) is 32.1 Å². The van der Waals surface area contributed by atoms with Gasteiger partial charge in [-0.25, -0.2) is 4.89 Å². The maximum atomic E-state index is 6.17. The second kappa shape index (κ2) is 11.4. The third-order valence-electron chi connectivity index (χ3n) is 3.84. The van der Waals surface area contributed by atoms with Crippen LogP contribution in [-0.2, 0) is 19.2 Å². The van der Waals surface area contributed by atoms with Crippen molar-refractivity contribution in [1.82, 2.24) is 0 Å². The minimum absolute atomic E-state index is 0.0362. The Morgan fingerprint density at radius 2 is 1.57 bits per heavy atom. The molecule has 0 radical (unpaired) electrons. The SMILES string of the molecule is CCCCCOC(OOCCC(C)C)(OC(C)CC)C(C)(C)C. The van der Waals surface area contributed by atoms with Crippen LogP contribution in [0.25, 0.3) is 0 Å². The Bertz CT molecular complexity index is 286. The van der Waals surface area contributed by atoms with E-state index in [1.807, 2.05) is 6.92 Å².